The molecular weight excluding hydrogens is 464 g/mol. The number of rotatable bonds is 8. The van der Waals surface area contributed by atoms with Crippen LogP contribution in [0.3, 0.4) is 0 Å². The molecule has 0 saturated carbocycles. The molecule has 1 aliphatic heterocycles. The molecule has 2 atom stereocenters. The van der Waals surface area contributed by atoms with E-state index < -0.39 is 43.3 Å². The first-order valence-corrected chi connectivity index (χ1v) is 11.7. The highest BCUT2D eigenvalue weighted by atomic mass is 32.1. The maximum Gasteiger partial charge on any atom is 0.271 e. The van der Waals surface area contributed by atoms with Crippen LogP contribution in [0.5, 0.6) is 0 Å². The Kier molecular flexibility index (Phi) is 7.94. The SMILES string of the molecule is CCC(C)NC(=O)c1ccc(Cc2nc(C(=O)NCC(=O)N3CC(F)(F)C[C@H]3C#N)cs2)cc1. The Morgan fingerprint density at radius 2 is 2.00 bits per heavy atom. The molecule has 1 aliphatic rings. The lowest BCUT2D eigenvalue weighted by Gasteiger charge is -2.19. The summed E-state index contributed by atoms with van der Waals surface area (Å²) in [5.41, 5.74) is 1.58. The van der Waals surface area contributed by atoms with Gasteiger partial charge in [0.1, 0.15) is 11.7 Å². The molecule has 1 fully saturated rings. The minimum atomic E-state index is -3.11. The van der Waals surface area contributed by atoms with Gasteiger partial charge < -0.3 is 15.5 Å². The number of nitriles is 1. The van der Waals surface area contributed by atoms with E-state index in [0.29, 0.717) is 17.0 Å². The van der Waals surface area contributed by atoms with Crippen molar-refractivity contribution in [2.24, 2.45) is 0 Å². The van der Waals surface area contributed by atoms with Crippen LogP contribution >= 0.6 is 11.3 Å². The van der Waals surface area contributed by atoms with Crippen molar-refractivity contribution in [1.82, 2.24) is 20.5 Å². The predicted molar refractivity (Wildman–Crippen MR) is 122 cm³/mol. The molecule has 2 aromatic rings. The number of carbonyl (C=O) groups is 3. The molecule has 1 aromatic heterocycles. The molecule has 0 bridgehead atoms. The number of hydrogen-bond donors (Lipinski definition) is 2. The summed E-state index contributed by atoms with van der Waals surface area (Å²) in [4.78, 5) is 41.8. The quantitative estimate of drug-likeness (QED) is 0.592. The lowest BCUT2D eigenvalue weighted by molar-refractivity contribution is -0.131. The molecular formula is C23H25F2N5O3S. The molecule has 0 spiro atoms. The number of aromatic nitrogens is 1. The fraction of sp³-hybridized carbons (Fsp3) is 0.435. The number of thiazole rings is 1. The van der Waals surface area contributed by atoms with Gasteiger partial charge in [-0.15, -0.1) is 11.3 Å². The van der Waals surface area contributed by atoms with Gasteiger partial charge in [0.15, 0.2) is 0 Å². The van der Waals surface area contributed by atoms with Gasteiger partial charge in [-0.2, -0.15) is 5.26 Å². The van der Waals surface area contributed by atoms with Crippen LogP contribution in [0.4, 0.5) is 8.78 Å². The van der Waals surface area contributed by atoms with Crippen molar-refractivity contribution in [2.45, 2.75) is 51.1 Å². The van der Waals surface area contributed by atoms with Crippen LogP contribution in [0.25, 0.3) is 0 Å². The van der Waals surface area contributed by atoms with Crippen LogP contribution in [0, 0.1) is 11.3 Å². The summed E-state index contributed by atoms with van der Waals surface area (Å²) in [6, 6.07) is 7.68. The first-order valence-electron chi connectivity index (χ1n) is 10.8. The van der Waals surface area contributed by atoms with Crippen LogP contribution in [0.1, 0.15) is 58.1 Å². The number of halogens is 2. The summed E-state index contributed by atoms with van der Waals surface area (Å²) in [6.45, 7) is 2.60. The molecule has 3 rings (SSSR count). The lowest BCUT2D eigenvalue weighted by Crippen LogP contribution is -2.43. The minimum Gasteiger partial charge on any atom is -0.350 e. The smallest absolute Gasteiger partial charge is 0.271 e. The van der Waals surface area contributed by atoms with Gasteiger partial charge in [-0.3, -0.25) is 14.4 Å². The molecule has 1 unspecified atom stereocenters. The second-order valence-electron chi connectivity index (χ2n) is 8.19. The highest BCUT2D eigenvalue weighted by molar-refractivity contribution is 7.09. The highest BCUT2D eigenvalue weighted by Gasteiger charge is 2.47. The number of benzene rings is 1. The molecule has 8 nitrogen and oxygen atoms in total. The number of nitrogens with one attached hydrogen (secondary N) is 2. The minimum absolute atomic E-state index is 0.0893. The Balaban J connectivity index is 1.53. The van der Waals surface area contributed by atoms with Crippen LogP contribution < -0.4 is 10.6 Å². The normalized spacial score (nSPS) is 17.6. The van der Waals surface area contributed by atoms with Crippen LogP contribution in [-0.4, -0.2) is 58.7 Å². The first-order chi connectivity index (χ1) is 16.1. The number of hydrogen-bond acceptors (Lipinski definition) is 6. The molecule has 180 valence electrons. The van der Waals surface area contributed by atoms with Crippen molar-refractivity contribution in [3.63, 3.8) is 0 Å². The standard InChI is InChI=1S/C23H25F2N5O3S/c1-3-14(2)28-21(32)16-6-4-15(5-7-16)8-19-29-18(12-34-19)22(33)27-11-20(31)30-13-23(24,25)9-17(30)10-26/h4-7,12,14,17H,3,8-9,11,13H2,1-2H3,(H,27,33)(H,28,32)/t14?,17-/m0/s1. The molecule has 34 heavy (non-hydrogen) atoms. The molecule has 0 radical (unpaired) electrons. The van der Waals surface area contributed by atoms with E-state index in [1.54, 1.807) is 23.6 Å². The third-order valence-corrected chi connectivity index (χ3v) is 6.33. The van der Waals surface area contributed by atoms with E-state index in [1.165, 1.54) is 11.3 Å². The van der Waals surface area contributed by atoms with E-state index in [1.807, 2.05) is 26.0 Å². The summed E-state index contributed by atoms with van der Waals surface area (Å²) in [6.07, 6.45) is 0.589. The molecule has 2 heterocycles. The highest BCUT2D eigenvalue weighted by Crippen LogP contribution is 2.31. The Morgan fingerprint density at radius 1 is 1.29 bits per heavy atom. The van der Waals surface area contributed by atoms with E-state index in [-0.39, 0.29) is 17.6 Å². The van der Waals surface area contributed by atoms with Gasteiger partial charge in [0.05, 0.1) is 24.2 Å². The predicted octanol–water partition coefficient (Wildman–Crippen LogP) is 2.75. The zero-order valence-electron chi connectivity index (χ0n) is 18.8. The summed E-state index contributed by atoms with van der Waals surface area (Å²) in [5.74, 6) is -4.60. The Bertz CT molecular complexity index is 1100. The Labute approximate surface area is 200 Å². The maximum absolute atomic E-state index is 13.5. The zero-order valence-corrected chi connectivity index (χ0v) is 19.6. The Morgan fingerprint density at radius 3 is 2.65 bits per heavy atom. The lowest BCUT2D eigenvalue weighted by atomic mass is 10.1. The molecule has 11 heteroatoms. The molecule has 2 N–H and O–H groups in total. The van der Waals surface area contributed by atoms with E-state index in [9.17, 15) is 23.2 Å². The van der Waals surface area contributed by atoms with E-state index in [0.717, 1.165) is 16.9 Å². The van der Waals surface area contributed by atoms with Gasteiger partial charge in [0, 0.05) is 29.8 Å². The van der Waals surface area contributed by atoms with Gasteiger partial charge >= 0.3 is 0 Å². The maximum atomic E-state index is 13.5. The van der Waals surface area contributed by atoms with Gasteiger partial charge in [-0.1, -0.05) is 19.1 Å². The van der Waals surface area contributed by atoms with Crippen LogP contribution in [0.2, 0.25) is 0 Å². The van der Waals surface area contributed by atoms with Gasteiger partial charge in [0.25, 0.3) is 17.7 Å². The van der Waals surface area contributed by atoms with E-state index in [4.69, 9.17) is 5.26 Å². The average Bonchev–Trinajstić information content (AvgIpc) is 3.40. The molecule has 3 amide bonds. The van der Waals surface area contributed by atoms with Gasteiger partial charge in [-0.25, -0.2) is 13.8 Å². The third-order valence-electron chi connectivity index (χ3n) is 5.49. The average molecular weight is 490 g/mol. The largest absolute Gasteiger partial charge is 0.350 e. The number of alkyl halides is 2. The molecule has 1 aromatic carbocycles. The number of nitrogens with zero attached hydrogens (tertiary/aromatic N) is 3. The third kappa shape index (κ3) is 6.35. The van der Waals surface area contributed by atoms with Gasteiger partial charge in [0.2, 0.25) is 5.91 Å². The fourth-order valence-corrected chi connectivity index (χ4v) is 4.20. The van der Waals surface area contributed by atoms with E-state index in [2.05, 4.69) is 15.6 Å². The zero-order chi connectivity index (χ0) is 24.9. The summed E-state index contributed by atoms with van der Waals surface area (Å²) in [5, 5.41) is 16.5. The number of likely N-dealkylation sites (tertiary alicyclic amines) is 1. The fourth-order valence-electron chi connectivity index (χ4n) is 3.40. The Hall–Kier alpha value is -3.39. The molecule has 0 aliphatic carbocycles. The van der Waals surface area contributed by atoms with E-state index >= 15 is 0 Å². The van der Waals surface area contributed by atoms with Crippen molar-refractivity contribution in [3.05, 3.63) is 51.5 Å². The monoisotopic (exact) mass is 489 g/mol. The number of amides is 3. The second kappa shape index (κ2) is 10.7. The molecule has 1 saturated heterocycles. The van der Waals surface area contributed by atoms with Crippen molar-refractivity contribution >= 4 is 29.1 Å². The van der Waals surface area contributed by atoms with Crippen molar-refractivity contribution < 1.29 is 23.2 Å². The van der Waals surface area contributed by atoms with Crippen molar-refractivity contribution in [2.75, 3.05) is 13.1 Å². The number of carbonyl (C=O) groups excluding carboxylic acids is 3. The summed E-state index contributed by atoms with van der Waals surface area (Å²) < 4.78 is 27.0. The summed E-state index contributed by atoms with van der Waals surface area (Å²) in [7, 11) is 0. The van der Waals surface area contributed by atoms with Gasteiger partial charge in [-0.05, 0) is 31.0 Å². The van der Waals surface area contributed by atoms with Crippen molar-refractivity contribution in [3.8, 4) is 6.07 Å². The van der Waals surface area contributed by atoms with Crippen LogP contribution in [0.15, 0.2) is 29.6 Å². The second-order valence-corrected chi connectivity index (χ2v) is 9.13. The first kappa shape index (κ1) is 25.2. The topological polar surface area (TPSA) is 115 Å². The van der Waals surface area contributed by atoms with Crippen molar-refractivity contribution in [1.29, 1.82) is 5.26 Å². The van der Waals surface area contributed by atoms with Crippen LogP contribution in [-0.2, 0) is 11.2 Å². The summed E-state index contributed by atoms with van der Waals surface area (Å²) >= 11 is 1.27.